The van der Waals surface area contributed by atoms with E-state index in [1.54, 1.807) is 13.1 Å². The van der Waals surface area contributed by atoms with Crippen LogP contribution in [0, 0.1) is 6.92 Å². The fourth-order valence-electron chi connectivity index (χ4n) is 2.18. The van der Waals surface area contributed by atoms with Crippen LogP contribution in [-0.4, -0.2) is 19.9 Å². The molecule has 0 unspecified atom stereocenters. The number of nitrogens with zero attached hydrogens (tertiary/aromatic N) is 3. The minimum absolute atomic E-state index is 0.271. The smallest absolute Gasteiger partial charge is 0.187 e. The summed E-state index contributed by atoms with van der Waals surface area (Å²) in [5, 5.41) is 0. The van der Waals surface area contributed by atoms with Gasteiger partial charge < -0.3 is 15.5 Å². The molecule has 3 aromatic heterocycles. The van der Waals surface area contributed by atoms with Crippen molar-refractivity contribution >= 4 is 16.9 Å². The zero-order valence-electron chi connectivity index (χ0n) is 12.2. The number of aromatic amines is 1. The summed E-state index contributed by atoms with van der Waals surface area (Å²) >= 11 is 0. The van der Waals surface area contributed by atoms with Crippen LogP contribution in [0.5, 0.6) is 11.5 Å². The van der Waals surface area contributed by atoms with Gasteiger partial charge in [0.1, 0.15) is 11.3 Å². The standard InChI is InChI=1S/C15H17N5O/c1-8(2)10-6-19-11-4-5-17-13(11)14(10)21-12-7-18-9(3)20-15(12)16/h4-8,17H,1-3H3,(H2,16,18,20). The zero-order chi connectivity index (χ0) is 15.0. The maximum absolute atomic E-state index is 6.01. The molecule has 0 aromatic carbocycles. The van der Waals surface area contributed by atoms with Gasteiger partial charge in [0.15, 0.2) is 17.3 Å². The first-order chi connectivity index (χ1) is 10.1. The van der Waals surface area contributed by atoms with Crippen LogP contribution in [0.2, 0.25) is 0 Å². The van der Waals surface area contributed by atoms with Gasteiger partial charge in [0.05, 0.1) is 11.7 Å². The lowest BCUT2D eigenvalue weighted by Crippen LogP contribution is -2.02. The maximum Gasteiger partial charge on any atom is 0.187 e. The van der Waals surface area contributed by atoms with E-state index in [2.05, 4.69) is 33.8 Å². The fraction of sp³-hybridized carbons (Fsp3) is 0.267. The van der Waals surface area contributed by atoms with E-state index in [1.807, 2.05) is 18.5 Å². The lowest BCUT2D eigenvalue weighted by Gasteiger charge is -2.15. The van der Waals surface area contributed by atoms with Crippen molar-refractivity contribution in [3.63, 3.8) is 0 Å². The van der Waals surface area contributed by atoms with Gasteiger partial charge in [0.2, 0.25) is 0 Å². The van der Waals surface area contributed by atoms with Crippen LogP contribution in [0.25, 0.3) is 11.0 Å². The highest BCUT2D eigenvalue weighted by molar-refractivity contribution is 5.83. The normalized spacial score (nSPS) is 11.2. The van der Waals surface area contributed by atoms with Gasteiger partial charge in [-0.25, -0.2) is 9.97 Å². The molecule has 3 heterocycles. The van der Waals surface area contributed by atoms with Gasteiger partial charge >= 0.3 is 0 Å². The minimum Gasteiger partial charge on any atom is -0.449 e. The second kappa shape index (κ2) is 5.05. The third kappa shape index (κ3) is 2.40. The lowest BCUT2D eigenvalue weighted by atomic mass is 10.0. The number of anilines is 1. The van der Waals surface area contributed by atoms with Crippen molar-refractivity contribution in [3.8, 4) is 11.5 Å². The van der Waals surface area contributed by atoms with Crippen LogP contribution in [0.3, 0.4) is 0 Å². The molecule has 0 aliphatic heterocycles. The van der Waals surface area contributed by atoms with Crippen molar-refractivity contribution in [3.05, 3.63) is 36.0 Å². The number of nitrogens with one attached hydrogen (secondary N) is 1. The van der Waals surface area contributed by atoms with E-state index in [0.717, 1.165) is 22.3 Å². The van der Waals surface area contributed by atoms with Crippen LogP contribution in [-0.2, 0) is 0 Å². The molecule has 0 bridgehead atoms. The molecule has 3 rings (SSSR count). The highest BCUT2D eigenvalue weighted by Crippen LogP contribution is 2.36. The van der Waals surface area contributed by atoms with Crippen LogP contribution in [0.4, 0.5) is 5.82 Å². The van der Waals surface area contributed by atoms with Crippen LogP contribution in [0.15, 0.2) is 24.7 Å². The predicted molar refractivity (Wildman–Crippen MR) is 81.4 cm³/mol. The Bertz CT molecular complexity index is 794. The minimum atomic E-state index is 0.271. The molecular formula is C15H17N5O. The summed E-state index contributed by atoms with van der Waals surface area (Å²) in [6.45, 7) is 5.97. The van der Waals surface area contributed by atoms with E-state index in [-0.39, 0.29) is 5.92 Å². The Balaban J connectivity index is 2.14. The van der Waals surface area contributed by atoms with Crippen molar-refractivity contribution in [2.24, 2.45) is 0 Å². The first-order valence-corrected chi connectivity index (χ1v) is 6.79. The second-order valence-corrected chi connectivity index (χ2v) is 5.20. The summed E-state index contributed by atoms with van der Waals surface area (Å²) in [6, 6.07) is 1.90. The van der Waals surface area contributed by atoms with Crippen molar-refractivity contribution in [2.75, 3.05) is 5.73 Å². The maximum atomic E-state index is 6.01. The van der Waals surface area contributed by atoms with Crippen LogP contribution < -0.4 is 10.5 Å². The van der Waals surface area contributed by atoms with Crippen molar-refractivity contribution in [2.45, 2.75) is 26.7 Å². The average Bonchev–Trinajstić information content (AvgIpc) is 2.90. The molecule has 6 heteroatoms. The molecular weight excluding hydrogens is 266 g/mol. The zero-order valence-corrected chi connectivity index (χ0v) is 12.2. The Kier molecular flexibility index (Phi) is 3.21. The second-order valence-electron chi connectivity index (χ2n) is 5.20. The molecule has 3 aromatic rings. The van der Waals surface area contributed by atoms with Gasteiger partial charge in [-0.2, -0.15) is 0 Å². The van der Waals surface area contributed by atoms with Gasteiger partial charge in [0.25, 0.3) is 0 Å². The Labute approximate surface area is 122 Å². The SMILES string of the molecule is Cc1ncc(Oc2c(C(C)C)cnc3cc[nH]c23)c(N)n1. The molecule has 108 valence electrons. The Morgan fingerprint density at radius 2 is 2.05 bits per heavy atom. The Morgan fingerprint density at radius 1 is 1.24 bits per heavy atom. The quantitative estimate of drug-likeness (QED) is 0.770. The summed E-state index contributed by atoms with van der Waals surface area (Å²) in [5.74, 6) is 2.38. The van der Waals surface area contributed by atoms with E-state index in [0.29, 0.717) is 17.4 Å². The number of ether oxygens (including phenoxy) is 1. The molecule has 0 radical (unpaired) electrons. The summed E-state index contributed by atoms with van der Waals surface area (Å²) in [6.07, 6.45) is 5.27. The predicted octanol–water partition coefficient (Wildman–Crippen LogP) is 3.16. The first kappa shape index (κ1) is 13.4. The first-order valence-electron chi connectivity index (χ1n) is 6.79. The van der Waals surface area contributed by atoms with Gasteiger partial charge in [-0.1, -0.05) is 13.8 Å². The third-order valence-electron chi connectivity index (χ3n) is 3.29. The van der Waals surface area contributed by atoms with E-state index in [9.17, 15) is 0 Å². The highest BCUT2D eigenvalue weighted by Gasteiger charge is 2.16. The summed E-state index contributed by atoms with van der Waals surface area (Å²) < 4.78 is 6.01. The Hall–Kier alpha value is -2.63. The summed E-state index contributed by atoms with van der Waals surface area (Å²) in [5.41, 5.74) is 8.61. The van der Waals surface area contributed by atoms with E-state index >= 15 is 0 Å². The van der Waals surface area contributed by atoms with Gasteiger partial charge in [-0.05, 0) is 18.9 Å². The highest BCUT2D eigenvalue weighted by atomic mass is 16.5. The fourth-order valence-corrected chi connectivity index (χ4v) is 2.18. The summed E-state index contributed by atoms with van der Waals surface area (Å²) in [4.78, 5) is 15.9. The molecule has 0 spiro atoms. The largest absolute Gasteiger partial charge is 0.449 e. The number of nitrogen functional groups attached to an aromatic ring is 1. The monoisotopic (exact) mass is 283 g/mol. The summed E-state index contributed by atoms with van der Waals surface area (Å²) in [7, 11) is 0. The number of hydrogen-bond acceptors (Lipinski definition) is 5. The van der Waals surface area contributed by atoms with Crippen molar-refractivity contribution in [1.82, 2.24) is 19.9 Å². The van der Waals surface area contributed by atoms with Gasteiger partial charge in [0, 0.05) is 18.0 Å². The topological polar surface area (TPSA) is 89.7 Å². The molecule has 6 nitrogen and oxygen atoms in total. The average molecular weight is 283 g/mol. The van der Waals surface area contributed by atoms with Crippen molar-refractivity contribution in [1.29, 1.82) is 0 Å². The van der Waals surface area contributed by atoms with E-state index in [4.69, 9.17) is 10.5 Å². The number of H-pyrrole nitrogens is 1. The molecule has 0 saturated carbocycles. The molecule has 21 heavy (non-hydrogen) atoms. The van der Waals surface area contributed by atoms with Gasteiger partial charge in [-0.15, -0.1) is 0 Å². The molecule has 3 N–H and O–H groups in total. The lowest BCUT2D eigenvalue weighted by molar-refractivity contribution is 0.474. The number of aromatic nitrogens is 4. The molecule has 0 amide bonds. The number of nitrogens with two attached hydrogens (primary N) is 1. The number of fused-ring (bicyclic) bond motifs is 1. The molecule has 0 aliphatic carbocycles. The number of pyridine rings is 1. The Morgan fingerprint density at radius 3 is 2.76 bits per heavy atom. The number of rotatable bonds is 3. The molecule has 0 aliphatic rings. The van der Waals surface area contributed by atoms with Crippen LogP contribution >= 0.6 is 0 Å². The van der Waals surface area contributed by atoms with Crippen LogP contribution in [0.1, 0.15) is 31.2 Å². The molecule has 0 fully saturated rings. The molecule has 0 saturated heterocycles. The van der Waals surface area contributed by atoms with Gasteiger partial charge in [-0.3, -0.25) is 4.98 Å². The number of hydrogen-bond donors (Lipinski definition) is 2. The number of aryl methyl sites for hydroxylation is 1. The van der Waals surface area contributed by atoms with E-state index < -0.39 is 0 Å². The van der Waals surface area contributed by atoms with E-state index in [1.165, 1.54) is 0 Å². The molecule has 0 atom stereocenters. The third-order valence-corrected chi connectivity index (χ3v) is 3.29. The van der Waals surface area contributed by atoms with Crippen molar-refractivity contribution < 1.29 is 4.74 Å².